The Kier molecular flexibility index (Phi) is 4.98. The van der Waals surface area contributed by atoms with Gasteiger partial charge in [-0.2, -0.15) is 0 Å². The molecule has 0 bridgehead atoms. The number of oxazole rings is 1. The van der Waals surface area contributed by atoms with E-state index in [0.717, 1.165) is 5.52 Å². The highest BCUT2D eigenvalue weighted by Gasteiger charge is 2.28. The lowest BCUT2D eigenvalue weighted by Crippen LogP contribution is -1.97. The van der Waals surface area contributed by atoms with E-state index in [-0.39, 0.29) is 0 Å². The van der Waals surface area contributed by atoms with Crippen molar-refractivity contribution in [2.45, 2.75) is 5.22 Å². The SMILES string of the molecule is S=P(Oc1ccccc1)(Oc1ccccc1)Sc1nc2ccccc2o1. The number of hydrogen-bond acceptors (Lipinski definition) is 6. The fourth-order valence-electron chi connectivity index (χ4n) is 2.26. The maximum atomic E-state index is 6.07. The summed E-state index contributed by atoms with van der Waals surface area (Å²) in [5, 5.41) is 0.432. The molecule has 0 fully saturated rings. The summed E-state index contributed by atoms with van der Waals surface area (Å²) >= 11 is 6.99. The molecule has 26 heavy (non-hydrogen) atoms. The van der Waals surface area contributed by atoms with Gasteiger partial charge in [-0.1, -0.05) is 48.5 Å². The van der Waals surface area contributed by atoms with Crippen LogP contribution in [0.3, 0.4) is 0 Å². The van der Waals surface area contributed by atoms with Crippen molar-refractivity contribution >= 4 is 40.0 Å². The minimum Gasteiger partial charge on any atom is -0.431 e. The lowest BCUT2D eigenvalue weighted by molar-refractivity contribution is 0.485. The molecule has 0 aliphatic heterocycles. The zero-order chi connectivity index (χ0) is 17.8. The van der Waals surface area contributed by atoms with E-state index in [9.17, 15) is 0 Å². The molecule has 1 heterocycles. The molecular weight excluding hydrogens is 385 g/mol. The van der Waals surface area contributed by atoms with Gasteiger partial charge in [-0.05, 0) is 36.4 Å². The van der Waals surface area contributed by atoms with E-state index in [0.29, 0.717) is 22.3 Å². The van der Waals surface area contributed by atoms with E-state index in [1.165, 1.54) is 11.4 Å². The van der Waals surface area contributed by atoms with Gasteiger partial charge < -0.3 is 13.5 Å². The van der Waals surface area contributed by atoms with Crippen molar-refractivity contribution < 1.29 is 13.5 Å². The van der Waals surface area contributed by atoms with Gasteiger partial charge in [0, 0.05) is 11.8 Å². The number of nitrogens with zero attached hydrogens (tertiary/aromatic N) is 1. The molecule has 130 valence electrons. The normalized spacial score (nSPS) is 11.4. The summed E-state index contributed by atoms with van der Waals surface area (Å²) in [5.41, 5.74) is -1.37. The second-order valence-electron chi connectivity index (χ2n) is 5.29. The largest absolute Gasteiger partial charge is 0.431 e. The van der Waals surface area contributed by atoms with Crippen LogP contribution in [0.1, 0.15) is 0 Å². The van der Waals surface area contributed by atoms with Crippen LogP contribution in [0.2, 0.25) is 0 Å². The molecule has 0 aliphatic rings. The van der Waals surface area contributed by atoms with Gasteiger partial charge >= 0.3 is 5.69 Å². The molecule has 4 aromatic rings. The van der Waals surface area contributed by atoms with E-state index in [2.05, 4.69) is 4.98 Å². The average Bonchev–Trinajstić information content (AvgIpc) is 3.04. The summed E-state index contributed by atoms with van der Waals surface area (Å²) in [7, 11) is 0. The molecule has 0 N–H and O–H groups in total. The minimum absolute atomic E-state index is 0.432. The number of hydrogen-bond donors (Lipinski definition) is 0. The van der Waals surface area contributed by atoms with Crippen LogP contribution >= 0.6 is 17.1 Å². The Labute approximate surface area is 160 Å². The monoisotopic (exact) mass is 399 g/mol. The number of fused-ring (bicyclic) bond motifs is 1. The van der Waals surface area contributed by atoms with Crippen LogP contribution in [0.4, 0.5) is 0 Å². The van der Waals surface area contributed by atoms with Gasteiger partial charge in [0.05, 0.1) is 11.4 Å². The van der Waals surface area contributed by atoms with E-state index in [4.69, 9.17) is 25.3 Å². The summed E-state index contributed by atoms with van der Waals surface area (Å²) in [5.74, 6) is 1.30. The van der Waals surface area contributed by atoms with Crippen molar-refractivity contribution in [3.8, 4) is 11.5 Å². The third-order valence-corrected chi connectivity index (χ3v) is 7.51. The van der Waals surface area contributed by atoms with Crippen molar-refractivity contribution in [3.05, 3.63) is 84.9 Å². The molecule has 4 nitrogen and oxygen atoms in total. The first-order chi connectivity index (χ1) is 12.7. The highest BCUT2D eigenvalue weighted by atomic mass is 32.9. The van der Waals surface area contributed by atoms with E-state index >= 15 is 0 Å². The Morgan fingerprint density at radius 1 is 0.769 bits per heavy atom. The molecule has 0 aliphatic carbocycles. The summed E-state index contributed by atoms with van der Waals surface area (Å²) in [4.78, 5) is 4.48. The molecule has 0 radical (unpaired) electrons. The smallest absolute Gasteiger partial charge is 0.357 e. The number of rotatable bonds is 6. The first-order valence-electron chi connectivity index (χ1n) is 7.85. The number of aromatic nitrogens is 1. The molecule has 3 aromatic carbocycles. The summed E-state index contributed by atoms with van der Waals surface area (Å²) in [6.45, 7) is 0. The predicted molar refractivity (Wildman–Crippen MR) is 108 cm³/mol. The average molecular weight is 399 g/mol. The van der Waals surface area contributed by atoms with Crippen molar-refractivity contribution in [2.24, 2.45) is 0 Å². The van der Waals surface area contributed by atoms with Crippen molar-refractivity contribution in [1.29, 1.82) is 0 Å². The molecule has 0 saturated heterocycles. The quantitative estimate of drug-likeness (QED) is 0.354. The van der Waals surface area contributed by atoms with E-state index < -0.39 is 5.69 Å². The maximum absolute atomic E-state index is 6.07. The fourth-order valence-corrected chi connectivity index (χ4v) is 6.23. The second kappa shape index (κ2) is 7.54. The maximum Gasteiger partial charge on any atom is 0.357 e. The van der Waals surface area contributed by atoms with Crippen LogP contribution in [0.25, 0.3) is 11.1 Å². The Morgan fingerprint density at radius 3 is 1.88 bits per heavy atom. The zero-order valence-electron chi connectivity index (χ0n) is 13.5. The van der Waals surface area contributed by atoms with Crippen LogP contribution in [-0.2, 0) is 11.8 Å². The fraction of sp³-hybridized carbons (Fsp3) is 0. The van der Waals surface area contributed by atoms with Gasteiger partial charge in [-0.3, -0.25) is 0 Å². The minimum atomic E-state index is -2.85. The third kappa shape index (κ3) is 4.10. The van der Waals surface area contributed by atoms with Crippen LogP contribution < -0.4 is 9.05 Å². The van der Waals surface area contributed by atoms with Gasteiger partial charge in [0.1, 0.15) is 17.0 Å². The third-order valence-electron chi connectivity index (χ3n) is 3.38. The second-order valence-corrected chi connectivity index (χ2v) is 11.2. The molecular formula is C19H14NO3PS2. The first kappa shape index (κ1) is 17.2. The Bertz CT molecular complexity index is 976. The van der Waals surface area contributed by atoms with Gasteiger partial charge in [0.2, 0.25) is 0 Å². The topological polar surface area (TPSA) is 44.5 Å². The first-order valence-corrected chi connectivity index (χ1v) is 11.9. The van der Waals surface area contributed by atoms with Gasteiger partial charge in [0.15, 0.2) is 5.58 Å². The molecule has 0 atom stereocenters. The van der Waals surface area contributed by atoms with Gasteiger partial charge in [0.25, 0.3) is 5.22 Å². The highest BCUT2D eigenvalue weighted by Crippen LogP contribution is 2.62. The Balaban J connectivity index is 1.66. The molecule has 0 saturated carbocycles. The molecule has 0 unspecified atom stereocenters. The van der Waals surface area contributed by atoms with Crippen molar-refractivity contribution in [2.75, 3.05) is 0 Å². The molecule has 0 amide bonds. The molecule has 4 rings (SSSR count). The molecule has 0 spiro atoms. The predicted octanol–water partition coefficient (Wildman–Crippen LogP) is 6.30. The lowest BCUT2D eigenvalue weighted by Gasteiger charge is -2.21. The summed E-state index contributed by atoms with van der Waals surface area (Å²) in [6, 6.07) is 26.4. The Hall–Kier alpha value is -2.27. The number of benzene rings is 3. The van der Waals surface area contributed by atoms with E-state index in [1.54, 1.807) is 0 Å². The van der Waals surface area contributed by atoms with Gasteiger partial charge in [-0.15, -0.1) is 0 Å². The summed E-state index contributed by atoms with van der Waals surface area (Å²) in [6.07, 6.45) is 0. The van der Waals surface area contributed by atoms with Crippen molar-refractivity contribution in [3.63, 3.8) is 0 Å². The van der Waals surface area contributed by atoms with E-state index in [1.807, 2.05) is 84.9 Å². The van der Waals surface area contributed by atoms with Gasteiger partial charge in [-0.25, -0.2) is 4.98 Å². The van der Waals surface area contributed by atoms with Crippen molar-refractivity contribution in [1.82, 2.24) is 4.98 Å². The summed E-state index contributed by atoms with van der Waals surface area (Å²) < 4.78 is 17.9. The van der Waals surface area contributed by atoms with Crippen LogP contribution in [0.15, 0.2) is 94.6 Å². The lowest BCUT2D eigenvalue weighted by atomic mass is 10.3. The standard InChI is InChI=1S/C19H14NO3PS2/c25-24(22-15-9-3-1-4-10-15,23-16-11-5-2-6-12-16)26-19-20-17-13-7-8-14-18(17)21-19/h1-14H. The molecule has 7 heteroatoms. The Morgan fingerprint density at radius 2 is 1.31 bits per heavy atom. The van der Waals surface area contributed by atoms with Crippen LogP contribution in [-0.4, -0.2) is 4.98 Å². The number of para-hydroxylation sites is 4. The zero-order valence-corrected chi connectivity index (χ0v) is 16.0. The molecule has 1 aromatic heterocycles. The van der Waals surface area contributed by atoms with Crippen LogP contribution in [0, 0.1) is 0 Å². The highest BCUT2D eigenvalue weighted by molar-refractivity contribution is 8.68. The van der Waals surface area contributed by atoms with Crippen LogP contribution in [0.5, 0.6) is 11.5 Å².